The van der Waals surface area contributed by atoms with Crippen LogP contribution in [-0.4, -0.2) is 33.7 Å². The molecule has 1 aromatic carbocycles. The van der Waals surface area contributed by atoms with E-state index in [1.807, 2.05) is 32.9 Å². The number of amides is 1. The van der Waals surface area contributed by atoms with Crippen LogP contribution in [0.15, 0.2) is 29.3 Å². The molecule has 6 nitrogen and oxygen atoms in total. The lowest BCUT2D eigenvalue weighted by Crippen LogP contribution is -2.29. The van der Waals surface area contributed by atoms with Crippen molar-refractivity contribution < 1.29 is 9.90 Å². The molecule has 25 heavy (non-hydrogen) atoms. The fourth-order valence-electron chi connectivity index (χ4n) is 2.68. The van der Waals surface area contributed by atoms with Gasteiger partial charge >= 0.3 is 0 Å². The van der Waals surface area contributed by atoms with Crippen LogP contribution in [0.1, 0.15) is 38.7 Å². The monoisotopic (exact) mass is 345 g/mol. The van der Waals surface area contributed by atoms with Crippen molar-refractivity contribution in [1.82, 2.24) is 14.9 Å². The number of fused-ring (bicyclic) bond motifs is 1. The topological polar surface area (TPSA) is 84.2 Å². The van der Waals surface area contributed by atoms with Crippen LogP contribution in [0.5, 0.6) is 0 Å². The first-order valence-electron chi connectivity index (χ1n) is 8.66. The molecule has 0 aliphatic heterocycles. The van der Waals surface area contributed by atoms with E-state index in [1.165, 1.54) is 10.9 Å². The van der Waals surface area contributed by atoms with Crippen LogP contribution in [0.4, 0.5) is 0 Å². The third kappa shape index (κ3) is 5.13. The van der Waals surface area contributed by atoms with E-state index in [1.54, 1.807) is 6.07 Å². The van der Waals surface area contributed by atoms with Crippen LogP contribution < -0.4 is 10.9 Å². The highest BCUT2D eigenvalue weighted by Crippen LogP contribution is 2.20. The largest absolute Gasteiger partial charge is 0.396 e. The molecule has 0 bridgehead atoms. The first-order valence-corrected chi connectivity index (χ1v) is 8.66. The van der Waals surface area contributed by atoms with E-state index in [0.29, 0.717) is 24.0 Å². The molecule has 0 radical (unpaired) electrons. The van der Waals surface area contributed by atoms with Crippen molar-refractivity contribution in [2.45, 2.75) is 46.6 Å². The van der Waals surface area contributed by atoms with Gasteiger partial charge in [-0.1, -0.05) is 26.0 Å². The summed E-state index contributed by atoms with van der Waals surface area (Å²) in [5, 5.41) is 12.6. The third-order valence-electron chi connectivity index (χ3n) is 4.42. The minimum Gasteiger partial charge on any atom is -0.396 e. The number of para-hydroxylation sites is 1. The standard InChI is InChI=1S/C19H27N3O3/c1-14-6-4-7-15-17(14)21-13-22(18(15)25)11-8-16(24)20-10-5-9-19(2,3)12-23/h4,6-7,13,23H,5,8-12H2,1-3H3,(H,20,24). The molecule has 0 saturated heterocycles. The Hall–Kier alpha value is -2.21. The van der Waals surface area contributed by atoms with E-state index in [0.717, 1.165) is 18.4 Å². The molecule has 0 fully saturated rings. The van der Waals surface area contributed by atoms with Gasteiger partial charge in [-0.05, 0) is 36.8 Å². The molecule has 1 amide bonds. The van der Waals surface area contributed by atoms with Gasteiger partial charge in [-0.3, -0.25) is 14.2 Å². The molecule has 1 heterocycles. The van der Waals surface area contributed by atoms with Crippen molar-refractivity contribution >= 4 is 16.8 Å². The Balaban J connectivity index is 1.87. The molecule has 0 atom stereocenters. The maximum Gasteiger partial charge on any atom is 0.261 e. The number of rotatable bonds is 8. The lowest BCUT2D eigenvalue weighted by atomic mass is 9.89. The Labute approximate surface area is 147 Å². The zero-order chi connectivity index (χ0) is 18.4. The molecule has 2 rings (SSSR count). The van der Waals surface area contributed by atoms with Crippen LogP contribution >= 0.6 is 0 Å². The molecule has 2 aromatic rings. The van der Waals surface area contributed by atoms with Crippen LogP contribution in [0.3, 0.4) is 0 Å². The predicted molar refractivity (Wildman–Crippen MR) is 98.5 cm³/mol. The average molecular weight is 345 g/mol. The summed E-state index contributed by atoms with van der Waals surface area (Å²) in [4.78, 5) is 28.7. The Kier molecular flexibility index (Phi) is 6.31. The van der Waals surface area contributed by atoms with E-state index in [4.69, 9.17) is 0 Å². The third-order valence-corrected chi connectivity index (χ3v) is 4.42. The van der Waals surface area contributed by atoms with Gasteiger partial charge in [0.2, 0.25) is 5.91 Å². The fourth-order valence-corrected chi connectivity index (χ4v) is 2.68. The number of aliphatic hydroxyl groups excluding tert-OH is 1. The van der Waals surface area contributed by atoms with E-state index < -0.39 is 0 Å². The lowest BCUT2D eigenvalue weighted by Gasteiger charge is -2.21. The number of nitrogens with zero attached hydrogens (tertiary/aromatic N) is 2. The van der Waals surface area contributed by atoms with Gasteiger partial charge in [-0.15, -0.1) is 0 Å². The number of aliphatic hydroxyl groups is 1. The summed E-state index contributed by atoms with van der Waals surface area (Å²) < 4.78 is 1.48. The number of benzene rings is 1. The Bertz CT molecular complexity index is 796. The summed E-state index contributed by atoms with van der Waals surface area (Å²) in [6.07, 6.45) is 3.41. The second kappa shape index (κ2) is 8.25. The van der Waals surface area contributed by atoms with E-state index in [-0.39, 0.29) is 29.9 Å². The van der Waals surface area contributed by atoms with Gasteiger partial charge in [0, 0.05) is 26.1 Å². The van der Waals surface area contributed by atoms with Crippen molar-refractivity contribution in [2.75, 3.05) is 13.2 Å². The summed E-state index contributed by atoms with van der Waals surface area (Å²) in [5.74, 6) is -0.0851. The number of aromatic nitrogens is 2. The molecule has 0 aliphatic carbocycles. The maximum atomic E-state index is 12.5. The van der Waals surface area contributed by atoms with E-state index in [2.05, 4.69) is 10.3 Å². The average Bonchev–Trinajstić information content (AvgIpc) is 2.59. The first kappa shape index (κ1) is 19.1. The number of aryl methyl sites for hydroxylation is 2. The fraction of sp³-hybridized carbons (Fsp3) is 0.526. The van der Waals surface area contributed by atoms with Crippen LogP contribution in [-0.2, 0) is 11.3 Å². The van der Waals surface area contributed by atoms with Gasteiger partial charge in [-0.2, -0.15) is 0 Å². The van der Waals surface area contributed by atoms with Gasteiger partial charge in [-0.25, -0.2) is 4.98 Å². The van der Waals surface area contributed by atoms with Crippen LogP contribution in [0, 0.1) is 12.3 Å². The molecule has 2 N–H and O–H groups in total. The summed E-state index contributed by atoms with van der Waals surface area (Å²) in [6, 6.07) is 5.52. The van der Waals surface area contributed by atoms with Gasteiger partial charge in [0.1, 0.15) is 0 Å². The van der Waals surface area contributed by atoms with Gasteiger partial charge in [0.15, 0.2) is 0 Å². The second-order valence-corrected chi connectivity index (χ2v) is 7.24. The number of carbonyl (C=O) groups excluding carboxylic acids is 1. The zero-order valence-corrected chi connectivity index (χ0v) is 15.2. The van der Waals surface area contributed by atoms with Crippen molar-refractivity contribution in [3.8, 4) is 0 Å². The number of hydrogen-bond donors (Lipinski definition) is 2. The molecule has 136 valence electrons. The Morgan fingerprint density at radius 1 is 1.36 bits per heavy atom. The predicted octanol–water partition coefficient (Wildman–Crippen LogP) is 2.01. The van der Waals surface area contributed by atoms with E-state index >= 15 is 0 Å². The molecular formula is C19H27N3O3. The highest BCUT2D eigenvalue weighted by molar-refractivity contribution is 5.80. The van der Waals surface area contributed by atoms with Crippen LogP contribution in [0.25, 0.3) is 10.9 Å². The summed E-state index contributed by atoms with van der Waals surface area (Å²) in [7, 11) is 0. The number of hydrogen-bond acceptors (Lipinski definition) is 4. The van der Waals surface area contributed by atoms with Crippen LogP contribution in [0.2, 0.25) is 0 Å². The SMILES string of the molecule is Cc1cccc2c(=O)n(CCC(=O)NCCCC(C)(C)CO)cnc12. The molecule has 1 aromatic heterocycles. The van der Waals surface area contributed by atoms with E-state index in [9.17, 15) is 14.7 Å². The van der Waals surface area contributed by atoms with Gasteiger partial charge in [0.05, 0.1) is 17.2 Å². The van der Waals surface area contributed by atoms with Crippen molar-refractivity contribution in [3.63, 3.8) is 0 Å². The number of carbonyl (C=O) groups is 1. The summed E-state index contributed by atoms with van der Waals surface area (Å²) in [5.41, 5.74) is 1.43. The molecular weight excluding hydrogens is 318 g/mol. The van der Waals surface area contributed by atoms with Crippen molar-refractivity contribution in [2.24, 2.45) is 5.41 Å². The van der Waals surface area contributed by atoms with Gasteiger partial charge < -0.3 is 10.4 Å². The molecule has 6 heteroatoms. The Morgan fingerprint density at radius 3 is 2.84 bits per heavy atom. The normalized spacial score (nSPS) is 11.7. The first-order chi connectivity index (χ1) is 11.8. The second-order valence-electron chi connectivity index (χ2n) is 7.24. The van der Waals surface area contributed by atoms with Crippen molar-refractivity contribution in [3.05, 3.63) is 40.4 Å². The quantitative estimate of drug-likeness (QED) is 0.717. The summed E-state index contributed by atoms with van der Waals surface area (Å²) in [6.45, 7) is 6.93. The van der Waals surface area contributed by atoms with Crippen molar-refractivity contribution in [1.29, 1.82) is 0 Å². The Morgan fingerprint density at radius 2 is 2.12 bits per heavy atom. The highest BCUT2D eigenvalue weighted by atomic mass is 16.3. The molecule has 0 unspecified atom stereocenters. The molecule has 0 saturated carbocycles. The minimum absolute atomic E-state index is 0.0851. The summed E-state index contributed by atoms with van der Waals surface area (Å²) >= 11 is 0. The molecule has 0 spiro atoms. The lowest BCUT2D eigenvalue weighted by molar-refractivity contribution is -0.121. The maximum absolute atomic E-state index is 12.5. The molecule has 0 aliphatic rings. The van der Waals surface area contributed by atoms with Gasteiger partial charge in [0.25, 0.3) is 5.56 Å². The number of nitrogens with one attached hydrogen (secondary N) is 1. The minimum atomic E-state index is -0.119. The smallest absolute Gasteiger partial charge is 0.261 e. The zero-order valence-electron chi connectivity index (χ0n) is 15.2. The highest BCUT2D eigenvalue weighted by Gasteiger charge is 2.15.